The van der Waals surface area contributed by atoms with Crippen molar-refractivity contribution in [3.63, 3.8) is 0 Å². The molecule has 0 bridgehead atoms. The van der Waals surface area contributed by atoms with Crippen LogP contribution in [0.1, 0.15) is 12.5 Å². The summed E-state index contributed by atoms with van der Waals surface area (Å²) in [5.41, 5.74) is -0.367. The van der Waals surface area contributed by atoms with Gasteiger partial charge in [-0.1, -0.05) is 0 Å². The topological polar surface area (TPSA) is 92.3 Å². The highest BCUT2D eigenvalue weighted by molar-refractivity contribution is 6.13. The predicted octanol–water partition coefficient (Wildman–Crippen LogP) is -0.814. The molecule has 132 valence electrons. The Bertz CT molecular complexity index is 798. The van der Waals surface area contributed by atoms with Crippen molar-refractivity contribution in [2.45, 2.75) is 18.5 Å². The highest BCUT2D eigenvalue weighted by Crippen LogP contribution is 2.48. The average Bonchev–Trinajstić information content (AvgIpc) is 3.12. The van der Waals surface area contributed by atoms with Gasteiger partial charge in [-0.15, -0.1) is 0 Å². The van der Waals surface area contributed by atoms with Crippen LogP contribution in [-0.2, 0) is 24.7 Å². The molecule has 2 saturated heterocycles. The molecule has 3 N–H and O–H groups in total. The number of quaternary nitrogens is 1. The lowest BCUT2D eigenvalue weighted by Crippen LogP contribution is -2.98. The van der Waals surface area contributed by atoms with Gasteiger partial charge in [0.15, 0.2) is 0 Å². The van der Waals surface area contributed by atoms with Crippen LogP contribution < -0.4 is 10.6 Å². The van der Waals surface area contributed by atoms with Crippen LogP contribution in [0, 0.1) is 17.7 Å². The number of anilines is 1. The minimum absolute atomic E-state index is 0.154. The Morgan fingerprint density at radius 3 is 2.80 bits per heavy atom. The standard InChI is InChI=1S/C17H18FN3O4/c1-8-12-13(15(23)21(14(12)22)5-6-25-2)17(20-8)10-7-9(18)3-4-11(10)19-16(17)24/h3-4,7-8,12-13,20H,5-6H2,1-2H3,(H,19,24)/p+1/t8-,12+,13-,17-/m0/s1. The van der Waals surface area contributed by atoms with Gasteiger partial charge in [0.1, 0.15) is 17.7 Å². The number of benzene rings is 1. The first-order valence-corrected chi connectivity index (χ1v) is 8.23. The Labute approximate surface area is 143 Å². The zero-order valence-electron chi connectivity index (χ0n) is 13.9. The number of carbonyl (C=O) groups is 3. The van der Waals surface area contributed by atoms with Crippen LogP contribution in [0.3, 0.4) is 0 Å². The number of amides is 3. The van der Waals surface area contributed by atoms with Gasteiger partial charge in [0.2, 0.25) is 17.4 Å². The molecule has 7 nitrogen and oxygen atoms in total. The zero-order chi connectivity index (χ0) is 17.9. The molecule has 1 aromatic rings. The summed E-state index contributed by atoms with van der Waals surface area (Å²) in [6.07, 6.45) is 0. The maximum Gasteiger partial charge on any atom is 0.291 e. The fourth-order valence-electron chi connectivity index (χ4n) is 4.57. The van der Waals surface area contributed by atoms with Crippen LogP contribution in [0.25, 0.3) is 0 Å². The highest BCUT2D eigenvalue weighted by atomic mass is 19.1. The summed E-state index contributed by atoms with van der Waals surface area (Å²) in [4.78, 5) is 39.8. The number of nitrogens with one attached hydrogen (secondary N) is 1. The molecular formula is C17H19FN3O4+. The number of imide groups is 1. The van der Waals surface area contributed by atoms with Gasteiger partial charge in [0, 0.05) is 12.7 Å². The number of likely N-dealkylation sites (tertiary alicyclic amines) is 1. The number of ether oxygens (including phenoxy) is 1. The van der Waals surface area contributed by atoms with Crippen molar-refractivity contribution >= 4 is 23.4 Å². The first-order chi connectivity index (χ1) is 11.9. The third-order valence-corrected chi connectivity index (χ3v) is 5.60. The number of rotatable bonds is 3. The van der Waals surface area contributed by atoms with Crippen LogP contribution in [-0.4, -0.2) is 48.9 Å². The van der Waals surface area contributed by atoms with Gasteiger partial charge in [-0.2, -0.15) is 0 Å². The molecule has 0 radical (unpaired) electrons. The van der Waals surface area contributed by atoms with Crippen molar-refractivity contribution in [3.8, 4) is 0 Å². The van der Waals surface area contributed by atoms with Crippen molar-refractivity contribution in [1.82, 2.24) is 4.90 Å². The molecular weight excluding hydrogens is 329 g/mol. The third-order valence-electron chi connectivity index (χ3n) is 5.60. The predicted molar refractivity (Wildman–Crippen MR) is 83.7 cm³/mol. The van der Waals surface area contributed by atoms with Gasteiger partial charge < -0.3 is 15.4 Å². The molecule has 3 aliphatic rings. The summed E-state index contributed by atoms with van der Waals surface area (Å²) in [6, 6.07) is 3.77. The van der Waals surface area contributed by atoms with Crippen molar-refractivity contribution in [3.05, 3.63) is 29.6 Å². The number of carbonyl (C=O) groups excluding carboxylic acids is 3. The quantitative estimate of drug-likeness (QED) is 0.699. The molecule has 4 atom stereocenters. The maximum atomic E-state index is 13.9. The van der Waals surface area contributed by atoms with Crippen LogP contribution in [0.5, 0.6) is 0 Å². The molecule has 0 unspecified atom stereocenters. The van der Waals surface area contributed by atoms with E-state index in [1.807, 2.05) is 6.92 Å². The smallest absolute Gasteiger partial charge is 0.291 e. The van der Waals surface area contributed by atoms with Crippen molar-refractivity contribution in [2.24, 2.45) is 11.8 Å². The van der Waals surface area contributed by atoms with Crippen molar-refractivity contribution < 1.29 is 28.8 Å². The molecule has 3 heterocycles. The van der Waals surface area contributed by atoms with E-state index in [1.54, 1.807) is 5.32 Å². The molecule has 1 spiro atoms. The summed E-state index contributed by atoms with van der Waals surface area (Å²) in [5, 5.41) is 4.48. The van der Waals surface area contributed by atoms with E-state index in [1.165, 1.54) is 30.2 Å². The molecule has 3 aliphatic heterocycles. The Kier molecular flexibility index (Phi) is 3.45. The van der Waals surface area contributed by atoms with Gasteiger partial charge in [-0.25, -0.2) is 4.39 Å². The largest absolute Gasteiger partial charge is 0.383 e. The molecule has 4 rings (SSSR count). The van der Waals surface area contributed by atoms with Gasteiger partial charge in [0.05, 0.1) is 24.9 Å². The SMILES string of the molecule is COCCN1C(=O)[C@@H]2[C@H](C)[NH2+][C@]3(C(=O)Nc4ccc(F)cc43)[C@@H]2C1=O. The minimum atomic E-state index is -1.30. The highest BCUT2D eigenvalue weighted by Gasteiger charge is 2.73. The first kappa shape index (κ1) is 16.2. The number of hydrogen-bond acceptors (Lipinski definition) is 4. The third kappa shape index (κ3) is 1.95. The Balaban J connectivity index is 1.83. The number of nitrogens with two attached hydrogens (primary N) is 1. The van der Waals surface area contributed by atoms with Crippen LogP contribution in [0.2, 0.25) is 0 Å². The van der Waals surface area contributed by atoms with Gasteiger partial charge in [-0.05, 0) is 25.1 Å². The molecule has 0 saturated carbocycles. The second-order valence-corrected chi connectivity index (χ2v) is 6.86. The number of nitrogens with zero attached hydrogens (tertiary/aromatic N) is 1. The van der Waals surface area contributed by atoms with Crippen LogP contribution in [0.4, 0.5) is 10.1 Å². The summed E-state index contributed by atoms with van der Waals surface area (Å²) in [7, 11) is 1.49. The monoisotopic (exact) mass is 348 g/mol. The summed E-state index contributed by atoms with van der Waals surface area (Å²) < 4.78 is 18.8. The van der Waals surface area contributed by atoms with E-state index in [2.05, 4.69) is 5.32 Å². The molecule has 0 aromatic heterocycles. The van der Waals surface area contributed by atoms with Gasteiger partial charge in [0.25, 0.3) is 5.91 Å². The molecule has 0 aliphatic carbocycles. The molecule has 3 amide bonds. The fraction of sp³-hybridized carbons (Fsp3) is 0.471. The van der Waals surface area contributed by atoms with E-state index in [0.29, 0.717) is 11.3 Å². The maximum absolute atomic E-state index is 13.9. The summed E-state index contributed by atoms with van der Waals surface area (Å²) in [6.45, 7) is 2.21. The van der Waals surface area contributed by atoms with E-state index in [-0.39, 0.29) is 36.9 Å². The Morgan fingerprint density at radius 2 is 2.08 bits per heavy atom. The van der Waals surface area contributed by atoms with E-state index >= 15 is 0 Å². The van der Waals surface area contributed by atoms with Crippen LogP contribution in [0.15, 0.2) is 18.2 Å². The lowest BCUT2D eigenvalue weighted by Gasteiger charge is -2.25. The zero-order valence-corrected chi connectivity index (χ0v) is 13.9. The summed E-state index contributed by atoms with van der Waals surface area (Å²) in [5.74, 6) is -2.97. The Hall–Kier alpha value is -2.32. The molecule has 2 fully saturated rings. The van der Waals surface area contributed by atoms with E-state index in [0.717, 1.165) is 0 Å². The number of halogens is 1. The van der Waals surface area contributed by atoms with Gasteiger partial charge >= 0.3 is 0 Å². The van der Waals surface area contributed by atoms with E-state index in [4.69, 9.17) is 4.74 Å². The first-order valence-electron chi connectivity index (χ1n) is 8.23. The normalized spacial score (nSPS) is 33.2. The van der Waals surface area contributed by atoms with Gasteiger partial charge in [-0.3, -0.25) is 19.3 Å². The second kappa shape index (κ2) is 5.34. The lowest BCUT2D eigenvalue weighted by atomic mass is 9.76. The van der Waals surface area contributed by atoms with E-state index in [9.17, 15) is 18.8 Å². The van der Waals surface area contributed by atoms with E-state index < -0.39 is 23.2 Å². The molecule has 25 heavy (non-hydrogen) atoms. The van der Waals surface area contributed by atoms with Crippen molar-refractivity contribution in [1.29, 1.82) is 0 Å². The Morgan fingerprint density at radius 1 is 1.32 bits per heavy atom. The second-order valence-electron chi connectivity index (χ2n) is 6.86. The van der Waals surface area contributed by atoms with Crippen LogP contribution >= 0.6 is 0 Å². The number of hydrogen-bond donors (Lipinski definition) is 2. The number of methoxy groups -OCH3 is 1. The molecule has 8 heteroatoms. The average molecular weight is 348 g/mol. The van der Waals surface area contributed by atoms with Crippen molar-refractivity contribution in [2.75, 3.05) is 25.6 Å². The lowest BCUT2D eigenvalue weighted by molar-refractivity contribution is -0.730. The summed E-state index contributed by atoms with van der Waals surface area (Å²) >= 11 is 0. The number of fused-ring (bicyclic) bond motifs is 4. The fourth-order valence-corrected chi connectivity index (χ4v) is 4.57. The minimum Gasteiger partial charge on any atom is -0.383 e. The molecule has 1 aromatic carbocycles.